The van der Waals surface area contributed by atoms with Crippen molar-refractivity contribution in [1.82, 2.24) is 30.9 Å². The molecule has 0 saturated heterocycles. The van der Waals surface area contributed by atoms with Crippen LogP contribution < -0.4 is 33.2 Å². The van der Waals surface area contributed by atoms with Crippen LogP contribution in [0.25, 0.3) is 10.9 Å². The number of hydrogen-bond donors (Lipinski definition) is 10. The second-order valence-electron chi connectivity index (χ2n) is 11.3. The standard InChI is InChI=1S/C32H40N10O6/c33-23(5-3-11-37-32(34)35)28(44)40-26(14-20-16-36-17-39-20)30(46)41-25(12-18-7-9-21(43)10-8-18)29(45)42-27(31(47)48)13-19-15-38-24-6-2-1-4-22(19)24/h1-2,4,6-10,15-17,23,25-27,38,43H,3,5,11-14,33H2,(H,36,39)(H,40,44)(H,41,46)(H,42,45)(H,47,48)(H4,34,35,37). The van der Waals surface area contributed by atoms with Gasteiger partial charge in [0.2, 0.25) is 17.7 Å². The number of aliphatic imine (C=N–C) groups is 1. The van der Waals surface area contributed by atoms with Crippen LogP contribution in [0.1, 0.15) is 29.7 Å². The molecule has 4 atom stereocenters. The third-order valence-corrected chi connectivity index (χ3v) is 7.64. The summed E-state index contributed by atoms with van der Waals surface area (Å²) in [6, 6.07) is 8.64. The number of carboxylic acid groups (broad SMARTS) is 1. The lowest BCUT2D eigenvalue weighted by molar-refractivity contribution is -0.142. The van der Waals surface area contributed by atoms with E-state index in [-0.39, 0.29) is 43.9 Å². The smallest absolute Gasteiger partial charge is 0.326 e. The number of phenolic OH excluding ortho intramolecular Hbond substituents is 1. The molecule has 48 heavy (non-hydrogen) atoms. The highest BCUT2D eigenvalue weighted by atomic mass is 16.4. The summed E-state index contributed by atoms with van der Waals surface area (Å²) in [6.45, 7) is 0.271. The number of fused-ring (bicyclic) bond motifs is 1. The molecule has 0 bridgehead atoms. The number of nitrogens with two attached hydrogens (primary N) is 3. The molecule has 2 heterocycles. The van der Waals surface area contributed by atoms with Crippen molar-refractivity contribution in [3.63, 3.8) is 0 Å². The number of phenols is 1. The summed E-state index contributed by atoms with van der Waals surface area (Å²) < 4.78 is 0. The molecule has 4 rings (SSSR count). The fourth-order valence-electron chi connectivity index (χ4n) is 5.10. The number of para-hydroxylation sites is 1. The highest BCUT2D eigenvalue weighted by molar-refractivity contribution is 5.94. The van der Waals surface area contributed by atoms with Gasteiger partial charge in [0.05, 0.1) is 12.4 Å². The van der Waals surface area contributed by atoms with Crippen LogP contribution in [0, 0.1) is 0 Å². The second-order valence-corrected chi connectivity index (χ2v) is 11.3. The number of aromatic amines is 2. The van der Waals surface area contributed by atoms with Gasteiger partial charge in [-0.25, -0.2) is 9.78 Å². The van der Waals surface area contributed by atoms with Crippen LogP contribution in [-0.2, 0) is 38.4 Å². The van der Waals surface area contributed by atoms with Gasteiger partial charge in [0.15, 0.2) is 5.96 Å². The van der Waals surface area contributed by atoms with E-state index in [1.165, 1.54) is 24.7 Å². The Morgan fingerprint density at radius 2 is 1.52 bits per heavy atom. The van der Waals surface area contributed by atoms with E-state index in [0.29, 0.717) is 23.2 Å². The summed E-state index contributed by atoms with van der Waals surface area (Å²) in [5.74, 6) is -3.42. The van der Waals surface area contributed by atoms with Gasteiger partial charge >= 0.3 is 5.97 Å². The van der Waals surface area contributed by atoms with Gasteiger partial charge in [-0.15, -0.1) is 0 Å². The van der Waals surface area contributed by atoms with Gasteiger partial charge in [0.1, 0.15) is 23.9 Å². The number of aromatic hydroxyl groups is 1. The highest BCUT2D eigenvalue weighted by Gasteiger charge is 2.31. The number of carbonyl (C=O) groups is 4. The number of aromatic nitrogens is 3. The second kappa shape index (κ2) is 16.6. The SMILES string of the molecule is NC(N)=NCCCC(N)C(=O)NC(Cc1cnc[nH]1)C(=O)NC(Cc1ccc(O)cc1)C(=O)NC(Cc1c[nH]c2ccccc12)C(=O)O. The van der Waals surface area contributed by atoms with E-state index in [9.17, 15) is 29.4 Å². The fourth-order valence-corrected chi connectivity index (χ4v) is 5.10. The van der Waals surface area contributed by atoms with Crippen molar-refractivity contribution in [3.8, 4) is 5.75 Å². The van der Waals surface area contributed by atoms with Gasteiger partial charge in [0.25, 0.3) is 0 Å². The third-order valence-electron chi connectivity index (χ3n) is 7.64. The van der Waals surface area contributed by atoms with Crippen molar-refractivity contribution in [2.45, 2.75) is 56.3 Å². The van der Waals surface area contributed by atoms with Crippen molar-refractivity contribution in [1.29, 1.82) is 0 Å². The van der Waals surface area contributed by atoms with Crippen molar-refractivity contribution in [2.24, 2.45) is 22.2 Å². The van der Waals surface area contributed by atoms with Crippen LogP contribution in [0.3, 0.4) is 0 Å². The third kappa shape index (κ3) is 10.1. The average molecular weight is 661 g/mol. The minimum absolute atomic E-state index is 0.00503. The molecule has 0 aliphatic rings. The van der Waals surface area contributed by atoms with Gasteiger partial charge in [-0.1, -0.05) is 30.3 Å². The van der Waals surface area contributed by atoms with Crippen LogP contribution in [0.2, 0.25) is 0 Å². The molecule has 2 aromatic heterocycles. The summed E-state index contributed by atoms with van der Waals surface area (Å²) in [5.41, 5.74) is 19.4. The van der Waals surface area contributed by atoms with E-state index in [0.717, 1.165) is 10.9 Å². The monoisotopic (exact) mass is 660 g/mol. The quantitative estimate of drug-likeness (QED) is 0.0395. The number of carboxylic acids is 1. The van der Waals surface area contributed by atoms with Gasteiger partial charge in [-0.05, 0) is 42.2 Å². The van der Waals surface area contributed by atoms with Crippen molar-refractivity contribution in [2.75, 3.05) is 6.54 Å². The summed E-state index contributed by atoms with van der Waals surface area (Å²) in [4.78, 5) is 66.6. The minimum Gasteiger partial charge on any atom is -0.508 e. The molecule has 0 aliphatic carbocycles. The molecule has 0 aliphatic heterocycles. The number of carbonyl (C=O) groups excluding carboxylic acids is 3. The first-order chi connectivity index (χ1) is 23.0. The summed E-state index contributed by atoms with van der Waals surface area (Å²) in [7, 11) is 0. The van der Waals surface area contributed by atoms with E-state index in [1.807, 2.05) is 24.3 Å². The van der Waals surface area contributed by atoms with Crippen molar-refractivity contribution >= 4 is 40.6 Å². The first-order valence-corrected chi connectivity index (χ1v) is 15.2. The molecular formula is C32H40N10O6. The van der Waals surface area contributed by atoms with Crippen LogP contribution in [0.15, 0.2) is 72.2 Å². The number of guanidine groups is 1. The van der Waals surface area contributed by atoms with Crippen LogP contribution >= 0.6 is 0 Å². The normalized spacial score (nSPS) is 13.5. The van der Waals surface area contributed by atoms with Crippen LogP contribution in [0.4, 0.5) is 0 Å². The Bertz CT molecular complexity index is 1720. The van der Waals surface area contributed by atoms with E-state index in [1.54, 1.807) is 18.3 Å². The van der Waals surface area contributed by atoms with Crippen LogP contribution in [-0.4, -0.2) is 85.5 Å². The summed E-state index contributed by atoms with van der Waals surface area (Å²) in [6.07, 6.45) is 5.17. The molecule has 0 radical (unpaired) electrons. The molecule has 0 fully saturated rings. The summed E-state index contributed by atoms with van der Waals surface area (Å²) >= 11 is 0. The Hall–Kier alpha value is -5.90. The topological polar surface area (TPSA) is 280 Å². The minimum atomic E-state index is -1.33. The number of hydrogen-bond acceptors (Lipinski definition) is 8. The zero-order valence-electron chi connectivity index (χ0n) is 26.1. The maximum atomic E-state index is 13.8. The zero-order chi connectivity index (χ0) is 34.6. The maximum Gasteiger partial charge on any atom is 0.326 e. The lowest BCUT2D eigenvalue weighted by atomic mass is 10.0. The molecule has 0 saturated carbocycles. The molecule has 254 valence electrons. The lowest BCUT2D eigenvalue weighted by Gasteiger charge is -2.25. The number of imidazole rings is 1. The Labute approximate surface area is 275 Å². The molecule has 16 nitrogen and oxygen atoms in total. The van der Waals surface area contributed by atoms with Crippen molar-refractivity contribution < 1.29 is 29.4 Å². The Kier molecular flexibility index (Phi) is 12.1. The van der Waals surface area contributed by atoms with Crippen LogP contribution in [0.5, 0.6) is 5.75 Å². The van der Waals surface area contributed by atoms with Gasteiger partial charge in [-0.3, -0.25) is 19.4 Å². The molecule has 4 aromatic rings. The van der Waals surface area contributed by atoms with E-state index >= 15 is 0 Å². The van der Waals surface area contributed by atoms with E-state index in [2.05, 4.69) is 35.9 Å². The van der Waals surface area contributed by atoms with Crippen molar-refractivity contribution in [3.05, 3.63) is 84.1 Å². The number of rotatable bonds is 17. The number of aliphatic carboxylic acids is 1. The van der Waals surface area contributed by atoms with E-state index in [4.69, 9.17) is 17.2 Å². The molecular weight excluding hydrogens is 620 g/mol. The number of benzene rings is 2. The van der Waals surface area contributed by atoms with E-state index < -0.39 is 47.9 Å². The maximum absolute atomic E-state index is 13.8. The molecule has 0 spiro atoms. The molecule has 13 N–H and O–H groups in total. The molecule has 16 heteroatoms. The van der Waals surface area contributed by atoms with Gasteiger partial charge in [0, 0.05) is 54.8 Å². The number of H-pyrrole nitrogens is 2. The Morgan fingerprint density at radius 1 is 0.854 bits per heavy atom. The predicted octanol–water partition coefficient (Wildman–Crippen LogP) is -0.456. The first kappa shape index (κ1) is 35.0. The highest BCUT2D eigenvalue weighted by Crippen LogP contribution is 2.19. The summed E-state index contributed by atoms with van der Waals surface area (Å²) in [5, 5.41) is 28.5. The van der Waals surface area contributed by atoms with Gasteiger partial charge in [-0.2, -0.15) is 0 Å². The lowest BCUT2D eigenvalue weighted by Crippen LogP contribution is -2.58. The molecule has 2 aromatic carbocycles. The zero-order valence-corrected chi connectivity index (χ0v) is 26.1. The Balaban J connectivity index is 1.52. The fraction of sp³-hybridized carbons (Fsp3) is 0.312. The molecule has 4 unspecified atom stereocenters. The first-order valence-electron chi connectivity index (χ1n) is 15.2. The largest absolute Gasteiger partial charge is 0.508 e. The Morgan fingerprint density at radius 3 is 2.19 bits per heavy atom. The number of nitrogens with one attached hydrogen (secondary N) is 5. The number of amides is 3. The number of nitrogens with zero attached hydrogens (tertiary/aromatic N) is 2. The average Bonchev–Trinajstić information content (AvgIpc) is 3.73. The predicted molar refractivity (Wildman–Crippen MR) is 177 cm³/mol. The van der Waals surface area contributed by atoms with Gasteiger partial charge < -0.3 is 53.3 Å². The molecule has 3 amide bonds.